The molecule has 4 heteroatoms. The van der Waals surface area contributed by atoms with Crippen molar-refractivity contribution in [2.24, 2.45) is 0 Å². The first-order valence-electron chi connectivity index (χ1n) is 6.33. The molecule has 1 aromatic heterocycles. The normalized spacial score (nSPS) is 11.6. The Balaban J connectivity index is 2.29. The highest BCUT2D eigenvalue weighted by molar-refractivity contribution is 5.76. The first-order chi connectivity index (χ1) is 8.61. The number of aliphatic hydroxyl groups is 1. The topological polar surface area (TPSA) is 41.3 Å². The van der Waals surface area contributed by atoms with Crippen molar-refractivity contribution in [2.45, 2.75) is 26.5 Å². The lowest BCUT2D eigenvalue weighted by molar-refractivity contribution is 0.264. The summed E-state index contributed by atoms with van der Waals surface area (Å²) in [6.45, 7) is 3.99. The zero-order chi connectivity index (χ0) is 13.1. The number of fused-ring (bicyclic) bond motifs is 1. The molecule has 0 bridgehead atoms. The summed E-state index contributed by atoms with van der Waals surface area (Å²) in [4.78, 5) is 6.66. The summed E-state index contributed by atoms with van der Waals surface area (Å²) in [7, 11) is 4.14. The van der Waals surface area contributed by atoms with Gasteiger partial charge >= 0.3 is 0 Å². The van der Waals surface area contributed by atoms with E-state index >= 15 is 0 Å². The molecular weight excluding hydrogens is 226 g/mol. The van der Waals surface area contributed by atoms with Gasteiger partial charge in [0.15, 0.2) is 0 Å². The van der Waals surface area contributed by atoms with Crippen molar-refractivity contribution >= 4 is 11.0 Å². The molecule has 1 heterocycles. The first-order valence-corrected chi connectivity index (χ1v) is 6.33. The average molecular weight is 247 g/mol. The number of aromatic nitrogens is 2. The predicted molar refractivity (Wildman–Crippen MR) is 73.6 cm³/mol. The number of benzene rings is 1. The van der Waals surface area contributed by atoms with Crippen molar-refractivity contribution < 1.29 is 5.11 Å². The van der Waals surface area contributed by atoms with Crippen LogP contribution in [0.1, 0.15) is 17.8 Å². The number of aryl methyl sites for hydroxylation is 2. The number of hydrogen-bond acceptors (Lipinski definition) is 3. The van der Waals surface area contributed by atoms with E-state index in [1.807, 2.05) is 0 Å². The van der Waals surface area contributed by atoms with E-state index < -0.39 is 0 Å². The van der Waals surface area contributed by atoms with Gasteiger partial charge in [-0.25, -0.2) is 4.98 Å². The number of hydrogen-bond donors (Lipinski definition) is 1. The van der Waals surface area contributed by atoms with Crippen LogP contribution in [0.25, 0.3) is 11.0 Å². The van der Waals surface area contributed by atoms with Crippen molar-refractivity contribution in [3.63, 3.8) is 0 Å². The summed E-state index contributed by atoms with van der Waals surface area (Å²) in [5.74, 6) is 0.759. The molecule has 0 amide bonds. The van der Waals surface area contributed by atoms with Crippen molar-refractivity contribution in [3.8, 4) is 0 Å². The average Bonchev–Trinajstić information content (AvgIpc) is 2.66. The Hall–Kier alpha value is -1.39. The Morgan fingerprint density at radius 3 is 2.78 bits per heavy atom. The van der Waals surface area contributed by atoms with Gasteiger partial charge in [0, 0.05) is 6.54 Å². The molecule has 0 atom stereocenters. The van der Waals surface area contributed by atoms with Gasteiger partial charge in [-0.1, -0.05) is 6.07 Å². The number of imidazole rings is 1. The van der Waals surface area contributed by atoms with Crippen LogP contribution in [0.5, 0.6) is 0 Å². The number of rotatable bonds is 5. The van der Waals surface area contributed by atoms with Crippen molar-refractivity contribution in [2.75, 3.05) is 20.6 Å². The van der Waals surface area contributed by atoms with Crippen LogP contribution in [-0.2, 0) is 13.2 Å². The molecule has 4 nitrogen and oxygen atoms in total. The molecule has 0 spiro atoms. The lowest BCUT2D eigenvalue weighted by Gasteiger charge is -2.11. The number of nitrogens with zero attached hydrogens (tertiary/aromatic N) is 3. The molecule has 1 aromatic carbocycles. The summed E-state index contributed by atoms with van der Waals surface area (Å²) >= 11 is 0. The highest BCUT2D eigenvalue weighted by Crippen LogP contribution is 2.18. The minimum absolute atomic E-state index is 0.00427. The summed E-state index contributed by atoms with van der Waals surface area (Å²) in [5, 5.41) is 9.40. The van der Waals surface area contributed by atoms with E-state index in [1.165, 1.54) is 5.56 Å². The monoisotopic (exact) mass is 247 g/mol. The Kier molecular flexibility index (Phi) is 3.99. The van der Waals surface area contributed by atoms with Crippen molar-refractivity contribution in [1.29, 1.82) is 0 Å². The summed E-state index contributed by atoms with van der Waals surface area (Å²) < 4.78 is 2.12. The van der Waals surface area contributed by atoms with E-state index in [1.54, 1.807) is 0 Å². The SMILES string of the molecule is Cc1ccc2c(c1)nc(CO)n2CCCN(C)C. The lowest BCUT2D eigenvalue weighted by Crippen LogP contribution is -2.15. The van der Waals surface area contributed by atoms with Gasteiger partial charge in [-0.2, -0.15) is 0 Å². The maximum Gasteiger partial charge on any atom is 0.135 e. The minimum Gasteiger partial charge on any atom is -0.388 e. The molecule has 98 valence electrons. The molecule has 0 aliphatic heterocycles. The number of aliphatic hydroxyl groups excluding tert-OH is 1. The zero-order valence-electron chi connectivity index (χ0n) is 11.3. The van der Waals surface area contributed by atoms with Crippen LogP contribution in [0.2, 0.25) is 0 Å². The molecular formula is C14H21N3O. The molecule has 2 aromatic rings. The fourth-order valence-electron chi connectivity index (χ4n) is 2.20. The van der Waals surface area contributed by atoms with Crippen molar-refractivity contribution in [1.82, 2.24) is 14.5 Å². The molecule has 0 saturated carbocycles. The van der Waals surface area contributed by atoms with Crippen LogP contribution >= 0.6 is 0 Å². The van der Waals surface area contributed by atoms with Gasteiger partial charge in [0.2, 0.25) is 0 Å². The van der Waals surface area contributed by atoms with Gasteiger partial charge in [-0.05, 0) is 51.7 Å². The van der Waals surface area contributed by atoms with E-state index in [2.05, 4.69) is 53.7 Å². The molecule has 0 fully saturated rings. The fourth-order valence-corrected chi connectivity index (χ4v) is 2.20. The Bertz CT molecular complexity index is 531. The van der Waals surface area contributed by atoms with E-state index in [0.717, 1.165) is 36.4 Å². The third kappa shape index (κ3) is 2.71. The molecule has 1 N–H and O–H groups in total. The van der Waals surface area contributed by atoms with Crippen LogP contribution in [0.15, 0.2) is 18.2 Å². The van der Waals surface area contributed by atoms with E-state index in [-0.39, 0.29) is 6.61 Å². The molecule has 0 unspecified atom stereocenters. The zero-order valence-corrected chi connectivity index (χ0v) is 11.3. The highest BCUT2D eigenvalue weighted by Gasteiger charge is 2.09. The van der Waals surface area contributed by atoms with Gasteiger partial charge in [0.1, 0.15) is 12.4 Å². The summed E-state index contributed by atoms with van der Waals surface area (Å²) in [6, 6.07) is 6.25. The van der Waals surface area contributed by atoms with E-state index in [9.17, 15) is 5.11 Å². The van der Waals surface area contributed by atoms with Gasteiger partial charge in [0.25, 0.3) is 0 Å². The molecule has 2 rings (SSSR count). The van der Waals surface area contributed by atoms with Gasteiger partial charge in [0.05, 0.1) is 11.0 Å². The largest absolute Gasteiger partial charge is 0.388 e. The minimum atomic E-state index is -0.00427. The van der Waals surface area contributed by atoms with Crippen LogP contribution in [0, 0.1) is 6.92 Å². The van der Waals surface area contributed by atoms with Crippen LogP contribution in [-0.4, -0.2) is 40.2 Å². The maximum atomic E-state index is 9.40. The third-order valence-electron chi connectivity index (χ3n) is 3.11. The van der Waals surface area contributed by atoms with Gasteiger partial charge in [-0.3, -0.25) is 0 Å². The predicted octanol–water partition coefficient (Wildman–Crippen LogP) is 1.79. The Morgan fingerprint density at radius 1 is 1.33 bits per heavy atom. The maximum absolute atomic E-state index is 9.40. The first kappa shape index (κ1) is 13.1. The third-order valence-corrected chi connectivity index (χ3v) is 3.11. The molecule has 0 radical (unpaired) electrons. The highest BCUT2D eigenvalue weighted by atomic mass is 16.3. The van der Waals surface area contributed by atoms with Crippen LogP contribution < -0.4 is 0 Å². The molecule has 0 aliphatic carbocycles. The van der Waals surface area contributed by atoms with Crippen LogP contribution in [0.4, 0.5) is 0 Å². The fraction of sp³-hybridized carbons (Fsp3) is 0.500. The van der Waals surface area contributed by atoms with Gasteiger partial charge in [-0.15, -0.1) is 0 Å². The van der Waals surface area contributed by atoms with Gasteiger partial charge < -0.3 is 14.6 Å². The Morgan fingerprint density at radius 2 is 2.11 bits per heavy atom. The van der Waals surface area contributed by atoms with Crippen molar-refractivity contribution in [3.05, 3.63) is 29.6 Å². The second-order valence-corrected chi connectivity index (χ2v) is 4.99. The second-order valence-electron chi connectivity index (χ2n) is 4.99. The standard InChI is InChI=1S/C14H21N3O/c1-11-5-6-13-12(9-11)15-14(10-18)17(13)8-4-7-16(2)3/h5-6,9,18H,4,7-8,10H2,1-3H3. The molecule has 18 heavy (non-hydrogen) atoms. The van der Waals surface area contributed by atoms with E-state index in [4.69, 9.17) is 0 Å². The summed E-state index contributed by atoms with van der Waals surface area (Å²) in [6.07, 6.45) is 1.05. The molecule has 0 aliphatic rings. The molecule has 0 saturated heterocycles. The van der Waals surface area contributed by atoms with Crippen LogP contribution in [0.3, 0.4) is 0 Å². The second kappa shape index (κ2) is 5.50. The Labute approximate surface area is 108 Å². The lowest BCUT2D eigenvalue weighted by atomic mass is 10.2. The summed E-state index contributed by atoms with van der Waals surface area (Å²) in [5.41, 5.74) is 3.29. The van der Waals surface area contributed by atoms with E-state index in [0.29, 0.717) is 0 Å². The smallest absolute Gasteiger partial charge is 0.135 e. The quantitative estimate of drug-likeness (QED) is 0.875.